The van der Waals surface area contributed by atoms with Gasteiger partial charge in [-0.15, -0.1) is 0 Å². The van der Waals surface area contributed by atoms with Gasteiger partial charge in [-0.2, -0.15) is 8.78 Å². The number of ether oxygens (including phenoxy) is 2. The number of nitrogens with zero attached hydrogens (tertiary/aromatic N) is 3. The van der Waals surface area contributed by atoms with Crippen LogP contribution < -0.4 is 4.74 Å². The number of hydrogen-bond donors (Lipinski definition) is 0. The molecular weight excluding hydrogens is 543 g/mol. The lowest BCUT2D eigenvalue weighted by Crippen LogP contribution is -2.54. The number of alkyl halides is 2. The van der Waals surface area contributed by atoms with Crippen molar-refractivity contribution in [2.75, 3.05) is 19.6 Å². The fraction of sp³-hybridized carbons (Fsp3) is 0.455. The normalized spacial score (nSPS) is 22.2. The van der Waals surface area contributed by atoms with Gasteiger partial charge in [0.2, 0.25) is 0 Å². The van der Waals surface area contributed by atoms with E-state index in [1.807, 2.05) is 26.8 Å². The van der Waals surface area contributed by atoms with Gasteiger partial charge < -0.3 is 19.3 Å². The Morgan fingerprint density at radius 2 is 1.86 bits per heavy atom. The molecule has 1 aromatic carbocycles. The molecule has 1 heterocycles. The topological polar surface area (TPSA) is 54.4 Å². The summed E-state index contributed by atoms with van der Waals surface area (Å²) in [6, 6.07) is 3.99. The van der Waals surface area contributed by atoms with Crippen molar-refractivity contribution in [3.05, 3.63) is 84.0 Å². The average molecular weight is 584 g/mol. The summed E-state index contributed by atoms with van der Waals surface area (Å²) in [6.45, 7) is 18.3. The average Bonchev–Trinajstić information content (AvgIpc) is 3.76. The molecule has 2 fully saturated rings. The lowest BCUT2D eigenvalue weighted by molar-refractivity contribution is -0.133. The fourth-order valence-electron chi connectivity index (χ4n) is 5.40. The molecule has 1 amide bonds. The van der Waals surface area contributed by atoms with Crippen molar-refractivity contribution in [3.63, 3.8) is 0 Å². The molecule has 1 saturated carbocycles. The second-order valence-electron chi connectivity index (χ2n) is 12.0. The molecule has 0 radical (unpaired) electrons. The SMILES string of the molecule is C=CN=C1CC(c2ccc(F)c(OC(F)(F)C=C)c2)=CC=C(C2CC2)/C1=C(/C)N1CCN(C(=O)OC(C)(C)C)C[C@@H]1C. The van der Waals surface area contributed by atoms with Crippen molar-refractivity contribution in [2.24, 2.45) is 10.9 Å². The van der Waals surface area contributed by atoms with Crippen LogP contribution in [0.2, 0.25) is 0 Å². The van der Waals surface area contributed by atoms with E-state index in [1.165, 1.54) is 12.3 Å². The van der Waals surface area contributed by atoms with Crippen LogP contribution in [0.3, 0.4) is 0 Å². The molecule has 9 heteroatoms. The molecule has 2 aliphatic carbocycles. The minimum Gasteiger partial charge on any atom is -0.444 e. The molecule has 1 atom stereocenters. The third kappa shape index (κ3) is 7.36. The van der Waals surface area contributed by atoms with Gasteiger partial charge in [-0.1, -0.05) is 31.4 Å². The Labute approximate surface area is 246 Å². The summed E-state index contributed by atoms with van der Waals surface area (Å²) in [6.07, 6.45) is 4.33. The molecule has 6 nitrogen and oxygen atoms in total. The molecule has 226 valence electrons. The van der Waals surface area contributed by atoms with E-state index in [-0.39, 0.29) is 12.1 Å². The third-order valence-electron chi connectivity index (χ3n) is 7.52. The molecule has 1 aromatic rings. The van der Waals surface area contributed by atoms with E-state index in [1.54, 1.807) is 11.0 Å². The number of carbonyl (C=O) groups is 1. The van der Waals surface area contributed by atoms with Crippen LogP contribution in [0.1, 0.15) is 59.4 Å². The largest absolute Gasteiger partial charge is 0.444 e. The summed E-state index contributed by atoms with van der Waals surface area (Å²) in [7, 11) is 0. The minimum atomic E-state index is -3.71. The van der Waals surface area contributed by atoms with Crippen LogP contribution in [0, 0.1) is 11.7 Å². The first-order valence-electron chi connectivity index (χ1n) is 14.3. The molecular formula is C33H40F3N3O3. The van der Waals surface area contributed by atoms with Crippen molar-refractivity contribution in [2.45, 2.75) is 71.6 Å². The van der Waals surface area contributed by atoms with Crippen LogP contribution in [0.4, 0.5) is 18.0 Å². The van der Waals surface area contributed by atoms with E-state index in [2.05, 4.69) is 47.7 Å². The van der Waals surface area contributed by atoms with Crippen LogP contribution >= 0.6 is 0 Å². The molecule has 0 unspecified atom stereocenters. The summed E-state index contributed by atoms with van der Waals surface area (Å²) in [5.74, 6) is -1.07. The Hall–Kier alpha value is -3.75. The number of halogens is 3. The second kappa shape index (κ2) is 12.2. The zero-order chi connectivity index (χ0) is 30.8. The number of allylic oxidation sites excluding steroid dienone is 6. The maximum absolute atomic E-state index is 14.4. The number of amides is 1. The van der Waals surface area contributed by atoms with Crippen molar-refractivity contribution < 1.29 is 27.4 Å². The quantitative estimate of drug-likeness (QED) is 0.306. The second-order valence-corrected chi connectivity index (χ2v) is 12.0. The monoisotopic (exact) mass is 583 g/mol. The lowest BCUT2D eigenvalue weighted by atomic mass is 9.91. The highest BCUT2D eigenvalue weighted by Gasteiger charge is 2.36. The number of benzene rings is 1. The lowest BCUT2D eigenvalue weighted by Gasteiger charge is -2.42. The van der Waals surface area contributed by atoms with Gasteiger partial charge in [-0.3, -0.25) is 4.99 Å². The molecule has 42 heavy (non-hydrogen) atoms. The van der Waals surface area contributed by atoms with E-state index >= 15 is 0 Å². The predicted molar refractivity (Wildman–Crippen MR) is 160 cm³/mol. The summed E-state index contributed by atoms with van der Waals surface area (Å²) in [5.41, 5.74) is 4.78. The van der Waals surface area contributed by atoms with Gasteiger partial charge in [-0.25, -0.2) is 9.18 Å². The molecule has 0 spiro atoms. The number of piperazine rings is 1. The first-order valence-corrected chi connectivity index (χ1v) is 14.3. The van der Waals surface area contributed by atoms with Crippen molar-refractivity contribution in [3.8, 4) is 5.75 Å². The summed E-state index contributed by atoms with van der Waals surface area (Å²) >= 11 is 0. The highest BCUT2D eigenvalue weighted by molar-refractivity contribution is 6.10. The van der Waals surface area contributed by atoms with Gasteiger partial charge in [-0.05, 0) is 82.2 Å². The van der Waals surface area contributed by atoms with Crippen LogP contribution in [-0.4, -0.2) is 59.0 Å². The highest BCUT2D eigenvalue weighted by Crippen LogP contribution is 2.44. The zero-order valence-corrected chi connectivity index (χ0v) is 25.1. The third-order valence-corrected chi connectivity index (χ3v) is 7.52. The van der Waals surface area contributed by atoms with E-state index in [0.717, 1.165) is 47.0 Å². The summed E-state index contributed by atoms with van der Waals surface area (Å²) < 4.78 is 52.3. The number of aliphatic imine (C=N–C) groups is 1. The summed E-state index contributed by atoms with van der Waals surface area (Å²) in [4.78, 5) is 21.5. The van der Waals surface area contributed by atoms with Gasteiger partial charge in [0.25, 0.3) is 0 Å². The van der Waals surface area contributed by atoms with Crippen LogP contribution in [-0.2, 0) is 4.74 Å². The van der Waals surface area contributed by atoms with Gasteiger partial charge >= 0.3 is 12.2 Å². The van der Waals surface area contributed by atoms with Gasteiger partial charge in [0, 0.05) is 55.6 Å². The Morgan fingerprint density at radius 3 is 2.45 bits per heavy atom. The van der Waals surface area contributed by atoms with Gasteiger partial charge in [0.1, 0.15) is 5.60 Å². The minimum absolute atomic E-state index is 0.0308. The Bertz CT molecular complexity index is 1370. The van der Waals surface area contributed by atoms with Crippen LogP contribution in [0.5, 0.6) is 5.75 Å². The van der Waals surface area contributed by atoms with Crippen molar-refractivity contribution in [1.29, 1.82) is 0 Å². The molecule has 3 aliphatic rings. The van der Waals surface area contributed by atoms with E-state index < -0.39 is 23.3 Å². The van der Waals surface area contributed by atoms with E-state index in [0.29, 0.717) is 43.6 Å². The van der Waals surface area contributed by atoms with Crippen molar-refractivity contribution in [1.82, 2.24) is 9.80 Å². The highest BCUT2D eigenvalue weighted by atomic mass is 19.3. The van der Waals surface area contributed by atoms with Gasteiger partial charge in [0.05, 0.1) is 5.71 Å². The zero-order valence-electron chi connectivity index (χ0n) is 25.1. The first-order chi connectivity index (χ1) is 19.7. The maximum atomic E-state index is 14.4. The standard InChI is InChI=1S/C33H40F3N3O3/c1-8-33(35,36)41-29-19-25(13-15-27(29)34)24-12-14-26(23-10-11-23)30(28(18-24)37-9-2)22(4)39-17-16-38(20-21(39)3)31(40)42-32(5,6)7/h8-9,12-15,19,21,23H,1-2,10-11,16-18,20H2,3-7H3/b30-22+,37-28?/t21-/m0/s1. The predicted octanol–water partition coefficient (Wildman–Crippen LogP) is 7.91. The van der Waals surface area contributed by atoms with Crippen LogP contribution in [0.15, 0.2) is 77.6 Å². The van der Waals surface area contributed by atoms with Gasteiger partial charge in [0.15, 0.2) is 11.6 Å². The first kappa shape index (κ1) is 31.2. The summed E-state index contributed by atoms with van der Waals surface area (Å²) in [5, 5.41) is 0. The number of carbonyl (C=O) groups excluding carboxylic acids is 1. The Balaban J connectivity index is 1.67. The molecule has 1 aliphatic heterocycles. The van der Waals surface area contributed by atoms with E-state index in [9.17, 15) is 18.0 Å². The van der Waals surface area contributed by atoms with E-state index in [4.69, 9.17) is 4.74 Å². The van der Waals surface area contributed by atoms with Crippen LogP contribution in [0.25, 0.3) is 5.57 Å². The molecule has 4 rings (SSSR count). The fourth-order valence-corrected chi connectivity index (χ4v) is 5.40. The molecule has 0 N–H and O–H groups in total. The maximum Gasteiger partial charge on any atom is 0.419 e. The Kier molecular flexibility index (Phi) is 9.09. The smallest absolute Gasteiger partial charge is 0.419 e. The number of rotatable bonds is 7. The molecule has 0 bridgehead atoms. The van der Waals surface area contributed by atoms with Crippen molar-refractivity contribution >= 4 is 17.4 Å². The number of hydrogen-bond acceptors (Lipinski definition) is 5. The molecule has 1 saturated heterocycles. The Morgan fingerprint density at radius 1 is 1.14 bits per heavy atom. The molecule has 0 aromatic heterocycles.